The molecule has 0 radical (unpaired) electrons. The first kappa shape index (κ1) is 22.6. The molecule has 168 valence electrons. The largest absolute Gasteiger partial charge is 0.374 e. The first-order valence-electron chi connectivity index (χ1n) is 11.0. The molecule has 1 heterocycles. The van der Waals surface area contributed by atoms with Crippen molar-refractivity contribution < 1.29 is 24.1 Å². The van der Waals surface area contributed by atoms with E-state index in [2.05, 4.69) is 0 Å². The first-order valence-corrected chi connectivity index (χ1v) is 11.0. The fourth-order valence-corrected chi connectivity index (χ4v) is 3.83. The van der Waals surface area contributed by atoms with Crippen LogP contribution in [0.3, 0.4) is 0 Å². The van der Waals surface area contributed by atoms with E-state index in [1.807, 2.05) is 91.0 Å². The monoisotopic (exact) mass is 434 g/mol. The maximum absolute atomic E-state index is 10.4. The zero-order valence-corrected chi connectivity index (χ0v) is 18.1. The van der Waals surface area contributed by atoms with Gasteiger partial charge in [-0.2, -0.15) is 0 Å². The Balaban J connectivity index is 1.42. The smallest absolute Gasteiger partial charge is 0.157 e. The standard InChI is InChI=1S/C27H30O5/c28-26-16-24(30-18-22-12-6-2-7-13-22)27(31-19-23-14-8-3-9-15-23)25(32-26)20-29-17-21-10-4-1-5-11-21/h1-15,24-28H,16-20H2/t24-,25-,26-,27+/m0/s1. The molecule has 1 fully saturated rings. The second-order valence-corrected chi connectivity index (χ2v) is 7.96. The van der Waals surface area contributed by atoms with Gasteiger partial charge in [0.15, 0.2) is 6.29 Å². The lowest BCUT2D eigenvalue weighted by atomic mass is 10.0. The van der Waals surface area contributed by atoms with Crippen LogP contribution in [0.2, 0.25) is 0 Å². The molecule has 5 nitrogen and oxygen atoms in total. The molecule has 0 saturated carbocycles. The highest BCUT2D eigenvalue weighted by atomic mass is 16.6. The lowest BCUT2D eigenvalue weighted by Crippen LogP contribution is -2.52. The van der Waals surface area contributed by atoms with Crippen LogP contribution in [0, 0.1) is 0 Å². The molecule has 5 heteroatoms. The number of ether oxygens (including phenoxy) is 4. The third kappa shape index (κ3) is 6.73. The molecule has 3 aromatic carbocycles. The Hall–Kier alpha value is -2.54. The van der Waals surface area contributed by atoms with Gasteiger partial charge in [-0.3, -0.25) is 0 Å². The van der Waals surface area contributed by atoms with Gasteiger partial charge in [0.05, 0.1) is 32.5 Å². The van der Waals surface area contributed by atoms with Crippen molar-refractivity contribution in [3.05, 3.63) is 108 Å². The molecule has 3 aromatic rings. The van der Waals surface area contributed by atoms with Crippen molar-refractivity contribution in [3.8, 4) is 0 Å². The quantitative estimate of drug-likeness (QED) is 0.510. The molecule has 0 spiro atoms. The van der Waals surface area contributed by atoms with Gasteiger partial charge < -0.3 is 24.1 Å². The van der Waals surface area contributed by atoms with Gasteiger partial charge in [0.1, 0.15) is 12.2 Å². The summed E-state index contributed by atoms with van der Waals surface area (Å²) >= 11 is 0. The zero-order valence-electron chi connectivity index (χ0n) is 18.1. The van der Waals surface area contributed by atoms with Gasteiger partial charge in [-0.25, -0.2) is 0 Å². The van der Waals surface area contributed by atoms with Crippen molar-refractivity contribution in [1.29, 1.82) is 0 Å². The number of aliphatic hydroxyl groups excluding tert-OH is 1. The molecule has 1 aliphatic rings. The highest BCUT2D eigenvalue weighted by molar-refractivity contribution is 5.15. The second kappa shape index (κ2) is 11.9. The lowest BCUT2D eigenvalue weighted by Gasteiger charge is -2.39. The average Bonchev–Trinajstić information content (AvgIpc) is 2.84. The van der Waals surface area contributed by atoms with Gasteiger partial charge in [0.25, 0.3) is 0 Å². The van der Waals surface area contributed by atoms with Crippen molar-refractivity contribution in [1.82, 2.24) is 0 Å². The van der Waals surface area contributed by atoms with Crippen molar-refractivity contribution >= 4 is 0 Å². The zero-order chi connectivity index (χ0) is 22.0. The summed E-state index contributed by atoms with van der Waals surface area (Å²) in [5, 5.41) is 10.4. The van der Waals surface area contributed by atoms with Crippen LogP contribution in [0.1, 0.15) is 23.1 Å². The van der Waals surface area contributed by atoms with Crippen LogP contribution in [0.4, 0.5) is 0 Å². The second-order valence-electron chi connectivity index (χ2n) is 7.96. The van der Waals surface area contributed by atoms with Crippen molar-refractivity contribution in [2.45, 2.75) is 50.8 Å². The van der Waals surface area contributed by atoms with E-state index < -0.39 is 12.4 Å². The Morgan fingerprint density at radius 2 is 1.19 bits per heavy atom. The van der Waals surface area contributed by atoms with E-state index in [0.29, 0.717) is 32.8 Å². The average molecular weight is 435 g/mol. The topological polar surface area (TPSA) is 57.2 Å². The Morgan fingerprint density at radius 1 is 0.688 bits per heavy atom. The molecule has 1 aliphatic heterocycles. The molecule has 1 saturated heterocycles. The fraction of sp³-hybridized carbons (Fsp3) is 0.333. The number of hydrogen-bond acceptors (Lipinski definition) is 5. The minimum Gasteiger partial charge on any atom is -0.374 e. The van der Waals surface area contributed by atoms with Crippen molar-refractivity contribution in [3.63, 3.8) is 0 Å². The summed E-state index contributed by atoms with van der Waals surface area (Å²) < 4.78 is 24.3. The summed E-state index contributed by atoms with van der Waals surface area (Å²) in [7, 11) is 0. The van der Waals surface area contributed by atoms with Crippen LogP contribution in [0.5, 0.6) is 0 Å². The third-order valence-corrected chi connectivity index (χ3v) is 5.48. The van der Waals surface area contributed by atoms with Gasteiger partial charge in [-0.05, 0) is 16.7 Å². The third-order valence-electron chi connectivity index (χ3n) is 5.48. The van der Waals surface area contributed by atoms with Gasteiger partial charge in [-0.15, -0.1) is 0 Å². The fourth-order valence-electron chi connectivity index (χ4n) is 3.83. The normalized spacial score (nSPS) is 23.2. The predicted octanol–water partition coefficient (Wildman–Crippen LogP) is 4.48. The summed E-state index contributed by atoms with van der Waals surface area (Å²) in [6, 6.07) is 30.0. The minimum absolute atomic E-state index is 0.302. The van der Waals surface area contributed by atoms with Crippen LogP contribution < -0.4 is 0 Å². The summed E-state index contributed by atoms with van der Waals surface area (Å²) in [6.07, 6.45) is -1.68. The maximum atomic E-state index is 10.4. The van der Waals surface area contributed by atoms with Crippen molar-refractivity contribution in [2.75, 3.05) is 6.61 Å². The molecule has 0 bridgehead atoms. The summed E-state index contributed by atoms with van der Waals surface area (Å²) in [6.45, 7) is 1.65. The molecule has 0 aliphatic carbocycles. The highest BCUT2D eigenvalue weighted by Gasteiger charge is 2.40. The van der Waals surface area contributed by atoms with Crippen LogP contribution in [0.15, 0.2) is 91.0 Å². The van der Waals surface area contributed by atoms with E-state index in [9.17, 15) is 5.11 Å². The highest BCUT2D eigenvalue weighted by Crippen LogP contribution is 2.27. The Bertz CT molecular complexity index is 903. The van der Waals surface area contributed by atoms with E-state index in [4.69, 9.17) is 18.9 Å². The molecule has 1 N–H and O–H groups in total. The molecule has 0 amide bonds. The van der Waals surface area contributed by atoms with Gasteiger partial charge in [-0.1, -0.05) is 91.0 Å². The Morgan fingerprint density at radius 3 is 1.75 bits per heavy atom. The molecule has 0 unspecified atom stereocenters. The van der Waals surface area contributed by atoms with E-state index in [0.717, 1.165) is 16.7 Å². The molecule has 4 atom stereocenters. The summed E-state index contributed by atoms with van der Waals surface area (Å²) in [4.78, 5) is 0. The SMILES string of the molecule is O[C@@H]1C[C@H](OCc2ccccc2)[C@@H](OCc2ccccc2)[C@H](COCc2ccccc2)O1. The number of hydrogen-bond donors (Lipinski definition) is 1. The first-order chi connectivity index (χ1) is 15.8. The lowest BCUT2D eigenvalue weighted by molar-refractivity contribution is -0.265. The number of benzene rings is 3. The van der Waals surface area contributed by atoms with Crippen LogP contribution in [-0.4, -0.2) is 36.3 Å². The Kier molecular flexibility index (Phi) is 8.42. The number of aliphatic hydroxyl groups is 1. The maximum Gasteiger partial charge on any atom is 0.157 e. The molecular formula is C27H30O5. The van der Waals surface area contributed by atoms with E-state index in [1.54, 1.807) is 0 Å². The molecule has 32 heavy (non-hydrogen) atoms. The molecule has 4 rings (SSSR count). The van der Waals surface area contributed by atoms with E-state index in [-0.39, 0.29) is 12.2 Å². The van der Waals surface area contributed by atoms with Crippen molar-refractivity contribution in [2.24, 2.45) is 0 Å². The Labute approximate surface area is 189 Å². The van der Waals surface area contributed by atoms with E-state index >= 15 is 0 Å². The molecule has 0 aromatic heterocycles. The van der Waals surface area contributed by atoms with E-state index in [1.165, 1.54) is 0 Å². The summed E-state index contributed by atoms with van der Waals surface area (Å²) in [5.74, 6) is 0. The molecular weight excluding hydrogens is 404 g/mol. The van der Waals surface area contributed by atoms with Gasteiger partial charge in [0, 0.05) is 6.42 Å². The van der Waals surface area contributed by atoms with Gasteiger partial charge >= 0.3 is 0 Å². The minimum atomic E-state index is -0.919. The van der Waals surface area contributed by atoms with Crippen LogP contribution in [-0.2, 0) is 38.8 Å². The predicted molar refractivity (Wildman–Crippen MR) is 122 cm³/mol. The van der Waals surface area contributed by atoms with Crippen LogP contribution >= 0.6 is 0 Å². The summed E-state index contributed by atoms with van der Waals surface area (Å²) in [5.41, 5.74) is 3.24. The number of rotatable bonds is 10. The van der Waals surface area contributed by atoms with Gasteiger partial charge in [0.2, 0.25) is 0 Å². The van der Waals surface area contributed by atoms with Crippen LogP contribution in [0.25, 0.3) is 0 Å².